The number of rotatable bonds is 9. The molecule has 4 rings (SSSR count). The molecule has 41 heavy (non-hydrogen) atoms. The number of nitrogens with one attached hydrogen (secondary N) is 2. The van der Waals surface area contributed by atoms with Gasteiger partial charge in [-0.15, -0.1) is 0 Å². The molecule has 1 aliphatic carbocycles. The largest absolute Gasteiger partial charge is 0.449 e. The summed E-state index contributed by atoms with van der Waals surface area (Å²) < 4.78 is 11.6. The molecule has 0 spiro atoms. The normalized spacial score (nSPS) is 17.0. The van der Waals surface area contributed by atoms with Crippen molar-refractivity contribution in [3.8, 4) is 17.2 Å². The summed E-state index contributed by atoms with van der Waals surface area (Å²) in [6, 6.07) is 16.2. The van der Waals surface area contributed by atoms with E-state index in [2.05, 4.69) is 28.8 Å². The minimum atomic E-state index is -1.06. The molecule has 0 saturated carbocycles. The summed E-state index contributed by atoms with van der Waals surface area (Å²) in [6.45, 7) is 8.95. The van der Waals surface area contributed by atoms with Gasteiger partial charge in [-0.2, -0.15) is 15.7 Å². The Labute approximate surface area is 244 Å². The summed E-state index contributed by atoms with van der Waals surface area (Å²) in [7, 11) is -0.416. The van der Waals surface area contributed by atoms with E-state index in [0.29, 0.717) is 0 Å². The number of alkyl carbamates (subject to hydrolysis) is 1. The molecule has 1 aliphatic heterocycles. The van der Waals surface area contributed by atoms with Gasteiger partial charge in [0.15, 0.2) is 0 Å². The molecule has 8 nitrogen and oxygen atoms in total. The zero-order chi connectivity index (χ0) is 29.7. The maximum Gasteiger partial charge on any atom is 0.407 e. The van der Waals surface area contributed by atoms with Crippen molar-refractivity contribution < 1.29 is 23.9 Å². The van der Waals surface area contributed by atoms with E-state index in [9.17, 15) is 19.6 Å². The fraction of sp³-hybridized carbons (Fsp3) is 0.469. The first-order chi connectivity index (χ1) is 19.5. The molecular formula is C32H39N3O5S. The number of fused-ring (bicyclic) bond motifs is 3. The lowest BCUT2D eigenvalue weighted by Crippen LogP contribution is -2.56. The van der Waals surface area contributed by atoms with Crippen LogP contribution in [0.3, 0.4) is 0 Å². The number of ether oxygens (including phenoxy) is 2. The maximum atomic E-state index is 13.6. The molecule has 0 bridgehead atoms. The third-order valence-electron chi connectivity index (χ3n) is 7.31. The van der Waals surface area contributed by atoms with E-state index in [4.69, 9.17) is 9.47 Å². The van der Waals surface area contributed by atoms with Crippen LogP contribution in [0.2, 0.25) is 0 Å². The van der Waals surface area contributed by atoms with E-state index in [1.54, 1.807) is 6.92 Å². The summed E-state index contributed by atoms with van der Waals surface area (Å²) in [5.41, 5.74) is 3.86. The molecule has 2 N–H and O–H groups in total. The SMILES string of the molecule is CC(OC(C)(C)C)[C@H](NC(=O)[C@H](C)NC(=O)OCC1c2ccccc2-c2ccccc21)C(=O)C(C#N)=S1CCCC1. The highest BCUT2D eigenvalue weighted by Gasteiger charge is 2.35. The molecule has 2 aromatic rings. The highest BCUT2D eigenvalue weighted by atomic mass is 32.2. The summed E-state index contributed by atoms with van der Waals surface area (Å²) in [5, 5.41) is 15.2. The van der Waals surface area contributed by atoms with Crippen LogP contribution in [-0.2, 0) is 19.1 Å². The van der Waals surface area contributed by atoms with Gasteiger partial charge in [-0.3, -0.25) is 9.59 Å². The molecular weight excluding hydrogens is 538 g/mol. The molecule has 2 amide bonds. The second-order valence-corrected chi connectivity index (χ2v) is 13.7. The van der Waals surface area contributed by atoms with Crippen molar-refractivity contribution in [3.63, 3.8) is 0 Å². The third kappa shape index (κ3) is 7.24. The first kappa shape index (κ1) is 30.5. The summed E-state index contributed by atoms with van der Waals surface area (Å²) >= 11 is 0. The number of carbonyl (C=O) groups excluding carboxylic acids is 3. The monoisotopic (exact) mass is 577 g/mol. The lowest BCUT2D eigenvalue weighted by atomic mass is 9.98. The van der Waals surface area contributed by atoms with E-state index < -0.39 is 52.1 Å². The van der Waals surface area contributed by atoms with Gasteiger partial charge in [-0.05, 0) is 81.2 Å². The number of hydrogen-bond acceptors (Lipinski definition) is 6. The van der Waals surface area contributed by atoms with Crippen molar-refractivity contribution in [1.29, 1.82) is 5.26 Å². The summed E-state index contributed by atoms with van der Waals surface area (Å²) in [6.07, 6.45) is 0.539. The fourth-order valence-electron chi connectivity index (χ4n) is 5.44. The Hall–Kier alpha value is -3.48. The lowest BCUT2D eigenvalue weighted by Gasteiger charge is -2.31. The number of carbonyl (C=O) groups is 3. The molecule has 0 radical (unpaired) electrons. The van der Waals surface area contributed by atoms with Crippen molar-refractivity contribution in [1.82, 2.24) is 10.6 Å². The van der Waals surface area contributed by atoms with Crippen LogP contribution >= 0.6 is 10.5 Å². The predicted molar refractivity (Wildman–Crippen MR) is 162 cm³/mol. The Kier molecular flexibility index (Phi) is 9.67. The standard InChI is InChI=1S/C32H39N3O5S/c1-20(34-31(38)39-19-26-24-14-8-6-12-22(24)23-13-7-9-15-25(23)26)30(37)35-28(21(2)40-32(3,4)5)29(36)27(18-33)41-16-10-11-17-41/h6-9,12-15,20-21,26,28H,10-11,16-17,19H2,1-5H3,(H,34,38)(H,35,37)/t20-,21?,28-/m0/s1. The highest BCUT2D eigenvalue weighted by molar-refractivity contribution is 8.17. The topological polar surface area (TPSA) is 118 Å². The molecule has 3 atom stereocenters. The maximum absolute atomic E-state index is 13.6. The zero-order valence-electron chi connectivity index (χ0n) is 24.4. The molecule has 9 heteroatoms. The van der Waals surface area contributed by atoms with Crippen LogP contribution in [-0.4, -0.2) is 64.5 Å². The number of nitriles is 1. The van der Waals surface area contributed by atoms with Crippen LogP contribution in [0, 0.1) is 11.3 Å². The van der Waals surface area contributed by atoms with Crippen molar-refractivity contribution in [3.05, 3.63) is 59.7 Å². The Morgan fingerprint density at radius 2 is 1.54 bits per heavy atom. The Balaban J connectivity index is 1.41. The lowest BCUT2D eigenvalue weighted by molar-refractivity contribution is -0.132. The number of Topliss-reactive ketones (excluding diaryl/α,β-unsaturated/α-hetero) is 1. The quantitative estimate of drug-likeness (QED) is 0.408. The van der Waals surface area contributed by atoms with Gasteiger partial charge in [-0.25, -0.2) is 4.79 Å². The van der Waals surface area contributed by atoms with E-state index >= 15 is 0 Å². The first-order valence-corrected chi connectivity index (χ1v) is 15.6. The van der Waals surface area contributed by atoms with Crippen LogP contribution in [0.15, 0.2) is 48.5 Å². The molecule has 218 valence electrons. The zero-order valence-corrected chi connectivity index (χ0v) is 25.2. The number of ketones is 1. The van der Waals surface area contributed by atoms with Gasteiger partial charge in [0, 0.05) is 5.92 Å². The molecule has 1 unspecified atom stereocenters. The molecule has 2 aromatic carbocycles. The van der Waals surface area contributed by atoms with Crippen LogP contribution in [0.1, 0.15) is 64.5 Å². The number of benzene rings is 2. The number of hydrogen-bond donors (Lipinski definition) is 2. The second kappa shape index (κ2) is 13.0. The first-order valence-electron chi connectivity index (χ1n) is 14.1. The van der Waals surface area contributed by atoms with Crippen molar-refractivity contribution in [2.75, 3.05) is 18.1 Å². The van der Waals surface area contributed by atoms with Gasteiger partial charge in [-0.1, -0.05) is 48.5 Å². The smallest absolute Gasteiger partial charge is 0.407 e. The third-order valence-corrected chi connectivity index (χ3v) is 9.74. The summed E-state index contributed by atoms with van der Waals surface area (Å²) in [5.74, 6) is 0.531. The van der Waals surface area contributed by atoms with Gasteiger partial charge in [0.05, 0.1) is 11.7 Å². The number of amides is 2. The van der Waals surface area contributed by atoms with E-state index in [0.717, 1.165) is 46.6 Å². The number of nitrogens with zero attached hydrogens (tertiary/aromatic N) is 1. The van der Waals surface area contributed by atoms with Crippen molar-refractivity contribution in [2.45, 2.75) is 77.2 Å². The second-order valence-electron chi connectivity index (χ2n) is 11.5. The summed E-state index contributed by atoms with van der Waals surface area (Å²) in [4.78, 5) is 39.7. The van der Waals surface area contributed by atoms with Crippen molar-refractivity contribution >= 4 is 33.1 Å². The van der Waals surface area contributed by atoms with Gasteiger partial charge < -0.3 is 20.1 Å². The Morgan fingerprint density at radius 3 is 2.07 bits per heavy atom. The fourth-order valence-corrected chi connectivity index (χ4v) is 7.70. The van der Waals surface area contributed by atoms with E-state index in [-0.39, 0.29) is 17.4 Å². The predicted octanol–water partition coefficient (Wildman–Crippen LogP) is 4.93. The minimum Gasteiger partial charge on any atom is -0.449 e. The van der Waals surface area contributed by atoms with Gasteiger partial charge in [0.25, 0.3) is 0 Å². The van der Waals surface area contributed by atoms with Crippen LogP contribution in [0.4, 0.5) is 4.79 Å². The van der Waals surface area contributed by atoms with Gasteiger partial charge in [0.1, 0.15) is 29.6 Å². The van der Waals surface area contributed by atoms with Gasteiger partial charge >= 0.3 is 6.09 Å². The highest BCUT2D eigenvalue weighted by Crippen LogP contribution is 2.44. The molecule has 1 fully saturated rings. The van der Waals surface area contributed by atoms with E-state index in [1.807, 2.05) is 57.2 Å². The van der Waals surface area contributed by atoms with Crippen LogP contribution < -0.4 is 10.6 Å². The molecule has 1 saturated heterocycles. The van der Waals surface area contributed by atoms with Crippen molar-refractivity contribution in [2.24, 2.45) is 0 Å². The average Bonchev–Trinajstić information content (AvgIpc) is 3.56. The van der Waals surface area contributed by atoms with Gasteiger partial charge in [0.2, 0.25) is 11.7 Å². The average molecular weight is 578 g/mol. The molecule has 2 aliphatic rings. The minimum absolute atomic E-state index is 0.106. The van der Waals surface area contributed by atoms with E-state index in [1.165, 1.54) is 6.92 Å². The Bertz CT molecular complexity index is 1340. The molecule has 1 heterocycles. The van der Waals surface area contributed by atoms with Crippen LogP contribution in [0.5, 0.6) is 0 Å². The molecule has 0 aromatic heterocycles. The Morgan fingerprint density at radius 1 is 0.976 bits per heavy atom. The van der Waals surface area contributed by atoms with Crippen LogP contribution in [0.25, 0.3) is 11.1 Å².